The summed E-state index contributed by atoms with van der Waals surface area (Å²) in [6.07, 6.45) is 8.38. The molecule has 2 amide bonds. The highest BCUT2D eigenvalue weighted by molar-refractivity contribution is 5.91. The van der Waals surface area contributed by atoms with Gasteiger partial charge >= 0.3 is 0 Å². The predicted molar refractivity (Wildman–Crippen MR) is 110 cm³/mol. The molecular weight excluding hydrogens is 350 g/mol. The van der Waals surface area contributed by atoms with E-state index in [1.165, 1.54) is 0 Å². The number of benzene rings is 1. The van der Waals surface area contributed by atoms with Crippen LogP contribution in [0.2, 0.25) is 0 Å². The summed E-state index contributed by atoms with van der Waals surface area (Å²) in [5.41, 5.74) is 3.01. The molecule has 0 radical (unpaired) electrons. The van der Waals surface area contributed by atoms with Crippen molar-refractivity contribution in [3.63, 3.8) is 0 Å². The van der Waals surface area contributed by atoms with Crippen LogP contribution in [0.25, 0.3) is 6.08 Å². The van der Waals surface area contributed by atoms with Crippen LogP contribution < -0.4 is 10.6 Å². The normalized spacial score (nSPS) is 19.3. The number of aromatic nitrogens is 1. The molecule has 5 nitrogen and oxygen atoms in total. The van der Waals surface area contributed by atoms with Gasteiger partial charge in [-0.05, 0) is 61.9 Å². The molecule has 2 aromatic rings. The highest BCUT2D eigenvalue weighted by Gasteiger charge is 2.26. The molecular formula is C23H27N3O2. The van der Waals surface area contributed by atoms with Gasteiger partial charge in [-0.1, -0.05) is 30.3 Å². The van der Waals surface area contributed by atoms with Crippen molar-refractivity contribution in [2.75, 3.05) is 0 Å². The molecule has 1 heterocycles. The van der Waals surface area contributed by atoms with E-state index in [0.29, 0.717) is 6.54 Å². The number of amides is 2. The summed E-state index contributed by atoms with van der Waals surface area (Å²) in [5.74, 6) is 0.0113. The third-order valence-electron chi connectivity index (χ3n) is 5.09. The monoisotopic (exact) mass is 377 g/mol. The first-order valence-corrected chi connectivity index (χ1v) is 9.83. The largest absolute Gasteiger partial charge is 0.350 e. The standard InChI is InChI=1S/C23H27N3O2/c1-17-13-14-24-21(15-17)16-25-23(28)19-8-10-20(11-9-19)26-22(27)12-7-18-5-3-2-4-6-18/h2-7,12-15,19-20H,8-11,16H2,1H3,(H,25,28)(H,26,27)/b12-7+. The lowest BCUT2D eigenvalue weighted by atomic mass is 9.85. The molecule has 146 valence electrons. The number of rotatable bonds is 6. The average molecular weight is 377 g/mol. The second kappa shape index (κ2) is 9.83. The highest BCUT2D eigenvalue weighted by Crippen LogP contribution is 2.24. The zero-order valence-electron chi connectivity index (χ0n) is 16.2. The molecule has 0 aliphatic heterocycles. The number of aryl methyl sites for hydroxylation is 1. The van der Waals surface area contributed by atoms with Gasteiger partial charge < -0.3 is 10.6 Å². The number of carbonyl (C=O) groups excluding carboxylic acids is 2. The Morgan fingerprint density at radius 1 is 1.11 bits per heavy atom. The first-order chi connectivity index (χ1) is 13.6. The Bertz CT molecular complexity index is 825. The van der Waals surface area contributed by atoms with E-state index in [1.54, 1.807) is 12.3 Å². The zero-order valence-corrected chi connectivity index (χ0v) is 16.2. The van der Waals surface area contributed by atoms with Crippen LogP contribution in [-0.4, -0.2) is 22.8 Å². The van der Waals surface area contributed by atoms with Crippen LogP contribution in [0.1, 0.15) is 42.5 Å². The molecule has 1 saturated carbocycles. The molecule has 1 aliphatic rings. The van der Waals surface area contributed by atoms with E-state index in [4.69, 9.17) is 0 Å². The lowest BCUT2D eigenvalue weighted by molar-refractivity contribution is -0.126. The lowest BCUT2D eigenvalue weighted by Crippen LogP contribution is -2.40. The molecule has 1 aromatic carbocycles. The molecule has 0 spiro atoms. The van der Waals surface area contributed by atoms with Crippen molar-refractivity contribution < 1.29 is 9.59 Å². The summed E-state index contributed by atoms with van der Waals surface area (Å²) < 4.78 is 0. The second-order valence-electron chi connectivity index (χ2n) is 7.34. The smallest absolute Gasteiger partial charge is 0.244 e. The van der Waals surface area contributed by atoms with Gasteiger partial charge in [0.25, 0.3) is 0 Å². The summed E-state index contributed by atoms with van der Waals surface area (Å²) in [4.78, 5) is 28.8. The molecule has 1 aliphatic carbocycles. The molecule has 5 heteroatoms. The molecule has 0 bridgehead atoms. The molecule has 0 atom stereocenters. The summed E-state index contributed by atoms with van der Waals surface area (Å²) in [6.45, 7) is 2.47. The number of nitrogens with one attached hydrogen (secondary N) is 2. The van der Waals surface area contributed by atoms with Crippen molar-refractivity contribution in [3.05, 3.63) is 71.6 Å². The van der Waals surface area contributed by atoms with Gasteiger partial charge in [0.2, 0.25) is 11.8 Å². The van der Waals surface area contributed by atoms with Gasteiger partial charge in [0, 0.05) is 24.2 Å². The summed E-state index contributed by atoms with van der Waals surface area (Å²) >= 11 is 0. The Morgan fingerprint density at radius 3 is 2.57 bits per heavy atom. The predicted octanol–water partition coefficient (Wildman–Crippen LogP) is 3.39. The van der Waals surface area contributed by atoms with Crippen molar-refractivity contribution in [3.8, 4) is 0 Å². The third kappa shape index (κ3) is 6.05. The van der Waals surface area contributed by atoms with Crippen LogP contribution in [0, 0.1) is 12.8 Å². The van der Waals surface area contributed by atoms with Gasteiger partial charge in [-0.2, -0.15) is 0 Å². The quantitative estimate of drug-likeness (QED) is 0.758. The molecule has 1 aromatic heterocycles. The van der Waals surface area contributed by atoms with Crippen molar-refractivity contribution >= 4 is 17.9 Å². The minimum Gasteiger partial charge on any atom is -0.350 e. The number of hydrogen-bond acceptors (Lipinski definition) is 3. The van der Waals surface area contributed by atoms with Crippen molar-refractivity contribution in [2.24, 2.45) is 5.92 Å². The van der Waals surface area contributed by atoms with E-state index in [-0.39, 0.29) is 23.8 Å². The molecule has 3 rings (SSSR count). The Kier molecular flexibility index (Phi) is 6.95. The fourth-order valence-corrected chi connectivity index (χ4v) is 3.50. The van der Waals surface area contributed by atoms with Gasteiger partial charge in [-0.25, -0.2) is 0 Å². The van der Waals surface area contributed by atoms with Gasteiger partial charge in [-0.15, -0.1) is 0 Å². The van der Waals surface area contributed by atoms with Gasteiger partial charge in [0.1, 0.15) is 0 Å². The fourth-order valence-electron chi connectivity index (χ4n) is 3.50. The maximum atomic E-state index is 12.4. The minimum atomic E-state index is -0.0812. The lowest BCUT2D eigenvalue weighted by Gasteiger charge is -2.28. The Labute approximate surface area is 166 Å². The Balaban J connectivity index is 1.39. The van der Waals surface area contributed by atoms with Crippen LogP contribution in [0.5, 0.6) is 0 Å². The van der Waals surface area contributed by atoms with Crippen molar-refractivity contribution in [1.29, 1.82) is 0 Å². The van der Waals surface area contributed by atoms with E-state index < -0.39 is 0 Å². The van der Waals surface area contributed by atoms with E-state index in [1.807, 2.05) is 55.5 Å². The highest BCUT2D eigenvalue weighted by atomic mass is 16.2. The fraction of sp³-hybridized carbons (Fsp3) is 0.348. The molecule has 2 N–H and O–H groups in total. The molecule has 0 unspecified atom stereocenters. The maximum absolute atomic E-state index is 12.4. The van der Waals surface area contributed by atoms with E-state index in [0.717, 1.165) is 42.5 Å². The van der Waals surface area contributed by atoms with Gasteiger partial charge in [0.15, 0.2) is 0 Å². The van der Waals surface area contributed by atoms with E-state index in [2.05, 4.69) is 15.6 Å². The SMILES string of the molecule is Cc1ccnc(CNC(=O)C2CCC(NC(=O)/C=C/c3ccccc3)CC2)c1. The first-order valence-electron chi connectivity index (χ1n) is 9.83. The topological polar surface area (TPSA) is 71.1 Å². The summed E-state index contributed by atoms with van der Waals surface area (Å²) in [7, 11) is 0. The summed E-state index contributed by atoms with van der Waals surface area (Å²) in [6, 6.07) is 13.8. The van der Waals surface area contributed by atoms with Crippen LogP contribution in [-0.2, 0) is 16.1 Å². The summed E-state index contributed by atoms with van der Waals surface area (Å²) in [5, 5.41) is 6.04. The van der Waals surface area contributed by atoms with Gasteiger partial charge in [0.05, 0.1) is 12.2 Å². The Hall–Kier alpha value is -2.95. The average Bonchev–Trinajstić information content (AvgIpc) is 2.72. The molecule has 1 fully saturated rings. The van der Waals surface area contributed by atoms with E-state index in [9.17, 15) is 9.59 Å². The van der Waals surface area contributed by atoms with Gasteiger partial charge in [-0.3, -0.25) is 14.6 Å². The molecule has 28 heavy (non-hydrogen) atoms. The van der Waals surface area contributed by atoms with Crippen LogP contribution in [0.4, 0.5) is 0 Å². The zero-order chi connectivity index (χ0) is 19.8. The maximum Gasteiger partial charge on any atom is 0.244 e. The number of pyridine rings is 1. The van der Waals surface area contributed by atoms with Crippen LogP contribution in [0.15, 0.2) is 54.7 Å². The minimum absolute atomic E-state index is 0.0119. The first kappa shape index (κ1) is 19.8. The van der Waals surface area contributed by atoms with E-state index >= 15 is 0 Å². The molecule has 0 saturated heterocycles. The number of hydrogen-bond donors (Lipinski definition) is 2. The number of carbonyl (C=O) groups is 2. The van der Waals surface area contributed by atoms with Crippen LogP contribution >= 0.6 is 0 Å². The van der Waals surface area contributed by atoms with Crippen molar-refractivity contribution in [1.82, 2.24) is 15.6 Å². The number of nitrogens with zero attached hydrogens (tertiary/aromatic N) is 1. The second-order valence-corrected chi connectivity index (χ2v) is 7.34. The van der Waals surface area contributed by atoms with Crippen molar-refractivity contribution in [2.45, 2.75) is 45.2 Å². The Morgan fingerprint density at radius 2 is 1.86 bits per heavy atom. The van der Waals surface area contributed by atoms with Crippen LogP contribution in [0.3, 0.4) is 0 Å². The third-order valence-corrected chi connectivity index (χ3v) is 5.09.